The minimum atomic E-state index is 0.232. The second-order valence-electron chi connectivity index (χ2n) is 5.34. The van der Waals surface area contributed by atoms with Crippen LogP contribution in [0.5, 0.6) is 0 Å². The van der Waals surface area contributed by atoms with Crippen molar-refractivity contribution in [1.29, 1.82) is 0 Å². The zero-order valence-corrected chi connectivity index (χ0v) is 13.6. The first kappa shape index (κ1) is 15.5. The number of aryl methyl sites for hydroxylation is 2. The third-order valence-corrected chi connectivity index (χ3v) is 3.69. The van der Waals surface area contributed by atoms with E-state index in [-0.39, 0.29) is 6.04 Å². The molecule has 0 aromatic heterocycles. The van der Waals surface area contributed by atoms with Gasteiger partial charge in [0.2, 0.25) is 0 Å². The summed E-state index contributed by atoms with van der Waals surface area (Å²) in [4.78, 5) is 0. The van der Waals surface area contributed by atoms with E-state index >= 15 is 0 Å². The molecular formula is C18H22N2S. The highest BCUT2D eigenvalue weighted by molar-refractivity contribution is 7.80. The molecule has 0 spiro atoms. The van der Waals surface area contributed by atoms with Gasteiger partial charge < -0.3 is 10.6 Å². The predicted molar refractivity (Wildman–Crippen MR) is 94.7 cm³/mol. The predicted octanol–water partition coefficient (Wildman–Crippen LogP) is 4.74. The Morgan fingerprint density at radius 1 is 1.05 bits per heavy atom. The Morgan fingerprint density at radius 3 is 2.38 bits per heavy atom. The molecule has 0 fully saturated rings. The molecule has 0 aliphatic rings. The van der Waals surface area contributed by atoms with E-state index < -0.39 is 0 Å². The Labute approximate surface area is 132 Å². The first-order valence-electron chi connectivity index (χ1n) is 7.29. The average molecular weight is 298 g/mol. The van der Waals surface area contributed by atoms with E-state index in [0.29, 0.717) is 5.11 Å². The summed E-state index contributed by atoms with van der Waals surface area (Å²) in [7, 11) is 0. The summed E-state index contributed by atoms with van der Waals surface area (Å²) in [6, 6.07) is 17.0. The minimum absolute atomic E-state index is 0.232. The first-order valence-corrected chi connectivity index (χ1v) is 7.70. The van der Waals surface area contributed by atoms with E-state index in [1.807, 2.05) is 12.1 Å². The van der Waals surface area contributed by atoms with Crippen LogP contribution >= 0.6 is 12.2 Å². The van der Waals surface area contributed by atoms with E-state index in [4.69, 9.17) is 12.2 Å². The average Bonchev–Trinajstić information content (AvgIpc) is 2.46. The van der Waals surface area contributed by atoms with Crippen molar-refractivity contribution in [2.45, 2.75) is 33.2 Å². The fraction of sp³-hybridized carbons (Fsp3) is 0.278. The molecular weight excluding hydrogens is 276 g/mol. The van der Waals surface area contributed by atoms with E-state index in [9.17, 15) is 0 Å². The lowest BCUT2D eigenvalue weighted by atomic mass is 10.0. The first-order chi connectivity index (χ1) is 10.1. The highest BCUT2D eigenvalue weighted by Crippen LogP contribution is 2.17. The van der Waals surface area contributed by atoms with Crippen molar-refractivity contribution in [3.8, 4) is 0 Å². The van der Waals surface area contributed by atoms with Gasteiger partial charge in [0.1, 0.15) is 0 Å². The lowest BCUT2D eigenvalue weighted by Crippen LogP contribution is -2.32. The van der Waals surface area contributed by atoms with Gasteiger partial charge in [-0.05, 0) is 55.7 Å². The molecule has 2 aromatic rings. The van der Waals surface area contributed by atoms with Crippen LogP contribution in [0.3, 0.4) is 0 Å². The number of nitrogens with one attached hydrogen (secondary N) is 2. The molecule has 0 aliphatic heterocycles. The number of thiocarbonyl (C=S) groups is 1. The fourth-order valence-electron chi connectivity index (χ4n) is 2.27. The number of benzene rings is 2. The van der Waals surface area contributed by atoms with Crippen molar-refractivity contribution < 1.29 is 0 Å². The van der Waals surface area contributed by atoms with Gasteiger partial charge in [0.25, 0.3) is 0 Å². The third-order valence-electron chi connectivity index (χ3n) is 3.47. The smallest absolute Gasteiger partial charge is 0.171 e. The third kappa shape index (κ3) is 4.57. The maximum Gasteiger partial charge on any atom is 0.171 e. The quantitative estimate of drug-likeness (QED) is 0.797. The van der Waals surface area contributed by atoms with E-state index in [1.165, 1.54) is 16.7 Å². The monoisotopic (exact) mass is 298 g/mol. The van der Waals surface area contributed by atoms with Gasteiger partial charge in [0.05, 0.1) is 6.04 Å². The molecule has 1 atom stereocenters. The van der Waals surface area contributed by atoms with Gasteiger partial charge in [0.15, 0.2) is 5.11 Å². The molecule has 2 nitrogen and oxygen atoms in total. The Hall–Kier alpha value is -1.87. The molecule has 0 bridgehead atoms. The van der Waals surface area contributed by atoms with Gasteiger partial charge in [-0.15, -0.1) is 0 Å². The lowest BCUT2D eigenvalue weighted by Gasteiger charge is -2.20. The number of hydrogen-bond donors (Lipinski definition) is 2. The second kappa shape index (κ2) is 7.23. The maximum atomic E-state index is 5.43. The van der Waals surface area contributed by atoms with Crippen LogP contribution in [0.25, 0.3) is 0 Å². The SMILES string of the molecule is CCC(NC(=S)Nc1cccc(C)c1)c1ccc(C)cc1. The molecule has 0 saturated heterocycles. The molecule has 0 saturated carbocycles. The zero-order valence-electron chi connectivity index (χ0n) is 12.8. The van der Waals surface area contributed by atoms with Crippen LogP contribution in [0.4, 0.5) is 5.69 Å². The van der Waals surface area contributed by atoms with Crippen LogP contribution in [-0.4, -0.2) is 5.11 Å². The fourth-order valence-corrected chi connectivity index (χ4v) is 2.53. The van der Waals surface area contributed by atoms with E-state index in [2.05, 4.69) is 67.8 Å². The molecule has 2 N–H and O–H groups in total. The Morgan fingerprint density at radius 2 is 1.76 bits per heavy atom. The van der Waals surface area contributed by atoms with Gasteiger partial charge >= 0.3 is 0 Å². The molecule has 21 heavy (non-hydrogen) atoms. The van der Waals surface area contributed by atoms with Gasteiger partial charge in [-0.3, -0.25) is 0 Å². The van der Waals surface area contributed by atoms with Crippen molar-refractivity contribution in [2.24, 2.45) is 0 Å². The molecule has 2 rings (SSSR count). The molecule has 2 aromatic carbocycles. The summed E-state index contributed by atoms with van der Waals surface area (Å²) in [5.74, 6) is 0. The summed E-state index contributed by atoms with van der Waals surface area (Å²) >= 11 is 5.43. The van der Waals surface area contributed by atoms with E-state index in [0.717, 1.165) is 12.1 Å². The van der Waals surface area contributed by atoms with Gasteiger partial charge in [0, 0.05) is 5.69 Å². The van der Waals surface area contributed by atoms with Crippen molar-refractivity contribution in [3.63, 3.8) is 0 Å². The summed E-state index contributed by atoms with van der Waals surface area (Å²) in [6.07, 6.45) is 0.985. The van der Waals surface area contributed by atoms with Crippen LogP contribution in [-0.2, 0) is 0 Å². The summed E-state index contributed by atoms with van der Waals surface area (Å²) in [5.41, 5.74) is 4.77. The van der Waals surface area contributed by atoms with Crippen LogP contribution in [0.2, 0.25) is 0 Å². The Bertz CT molecular complexity index is 605. The maximum absolute atomic E-state index is 5.43. The highest BCUT2D eigenvalue weighted by atomic mass is 32.1. The summed E-state index contributed by atoms with van der Waals surface area (Å²) in [5, 5.41) is 7.30. The molecule has 1 unspecified atom stereocenters. The Kier molecular flexibility index (Phi) is 5.34. The molecule has 110 valence electrons. The zero-order chi connectivity index (χ0) is 15.2. The highest BCUT2D eigenvalue weighted by Gasteiger charge is 2.10. The number of anilines is 1. The minimum Gasteiger partial charge on any atom is -0.356 e. The topological polar surface area (TPSA) is 24.1 Å². The van der Waals surface area contributed by atoms with Gasteiger partial charge in [-0.2, -0.15) is 0 Å². The molecule has 0 radical (unpaired) electrons. The van der Waals surface area contributed by atoms with Crippen LogP contribution in [0.1, 0.15) is 36.1 Å². The Balaban J connectivity index is 2.01. The number of hydrogen-bond acceptors (Lipinski definition) is 1. The molecule has 0 amide bonds. The van der Waals surface area contributed by atoms with Crippen molar-refractivity contribution in [2.75, 3.05) is 5.32 Å². The number of rotatable bonds is 4. The van der Waals surface area contributed by atoms with Crippen LogP contribution in [0.15, 0.2) is 48.5 Å². The van der Waals surface area contributed by atoms with Crippen LogP contribution in [0, 0.1) is 13.8 Å². The molecule has 0 heterocycles. The normalized spacial score (nSPS) is 11.8. The summed E-state index contributed by atoms with van der Waals surface area (Å²) in [6.45, 7) is 6.33. The standard InChI is InChI=1S/C18H22N2S/c1-4-17(15-10-8-13(2)9-11-15)20-18(21)19-16-7-5-6-14(3)12-16/h5-12,17H,4H2,1-3H3,(H2,19,20,21). The van der Waals surface area contributed by atoms with Gasteiger partial charge in [-0.1, -0.05) is 48.9 Å². The van der Waals surface area contributed by atoms with Crippen LogP contribution < -0.4 is 10.6 Å². The van der Waals surface area contributed by atoms with Gasteiger partial charge in [-0.25, -0.2) is 0 Å². The van der Waals surface area contributed by atoms with Crippen molar-refractivity contribution >= 4 is 23.0 Å². The second-order valence-corrected chi connectivity index (χ2v) is 5.75. The lowest BCUT2D eigenvalue weighted by molar-refractivity contribution is 0.629. The largest absolute Gasteiger partial charge is 0.356 e. The van der Waals surface area contributed by atoms with Crippen molar-refractivity contribution in [1.82, 2.24) is 5.32 Å². The van der Waals surface area contributed by atoms with Crippen molar-refractivity contribution in [3.05, 3.63) is 65.2 Å². The molecule has 0 aliphatic carbocycles. The van der Waals surface area contributed by atoms with E-state index in [1.54, 1.807) is 0 Å². The summed E-state index contributed by atoms with van der Waals surface area (Å²) < 4.78 is 0. The molecule has 3 heteroatoms.